The molecule has 1 aromatic rings. The van der Waals surface area contributed by atoms with Gasteiger partial charge in [-0.3, -0.25) is 0 Å². The number of aromatic nitrogens is 1. The van der Waals surface area contributed by atoms with Gasteiger partial charge in [0, 0.05) is 18.8 Å². The molecule has 0 atom stereocenters. The SMILES string of the molecule is CCCN(C1CC1)S(=O)(=O)c1cnc(N)c(Cl)c1. The van der Waals surface area contributed by atoms with Crippen molar-refractivity contribution in [3.8, 4) is 0 Å². The van der Waals surface area contributed by atoms with E-state index >= 15 is 0 Å². The van der Waals surface area contributed by atoms with Crippen molar-refractivity contribution in [2.75, 3.05) is 12.3 Å². The molecule has 2 N–H and O–H groups in total. The Labute approximate surface area is 112 Å². The van der Waals surface area contributed by atoms with Crippen molar-refractivity contribution in [2.24, 2.45) is 0 Å². The summed E-state index contributed by atoms with van der Waals surface area (Å²) in [4.78, 5) is 3.92. The first-order valence-corrected chi connectivity index (χ1v) is 7.71. The number of hydrogen-bond acceptors (Lipinski definition) is 4. The number of rotatable bonds is 5. The lowest BCUT2D eigenvalue weighted by Gasteiger charge is -2.21. The fraction of sp³-hybridized carbons (Fsp3) is 0.545. The van der Waals surface area contributed by atoms with Crippen LogP contribution in [0.2, 0.25) is 5.02 Å². The summed E-state index contributed by atoms with van der Waals surface area (Å²) < 4.78 is 26.4. The lowest BCUT2D eigenvalue weighted by molar-refractivity contribution is 0.403. The summed E-state index contributed by atoms with van der Waals surface area (Å²) in [7, 11) is -3.51. The third-order valence-electron chi connectivity index (χ3n) is 2.85. The highest BCUT2D eigenvalue weighted by Crippen LogP contribution is 2.32. The van der Waals surface area contributed by atoms with E-state index in [2.05, 4.69) is 4.98 Å². The summed E-state index contributed by atoms with van der Waals surface area (Å²) in [6.45, 7) is 2.48. The normalized spacial score (nSPS) is 16.2. The van der Waals surface area contributed by atoms with Gasteiger partial charge in [-0.1, -0.05) is 18.5 Å². The summed E-state index contributed by atoms with van der Waals surface area (Å²) in [5.41, 5.74) is 5.49. The van der Waals surface area contributed by atoms with Gasteiger partial charge in [0.2, 0.25) is 10.0 Å². The number of halogens is 1. The topological polar surface area (TPSA) is 76.3 Å². The van der Waals surface area contributed by atoms with Crippen molar-refractivity contribution >= 4 is 27.4 Å². The van der Waals surface area contributed by atoms with E-state index in [0.29, 0.717) is 6.54 Å². The van der Waals surface area contributed by atoms with Gasteiger partial charge in [-0.2, -0.15) is 4.31 Å². The van der Waals surface area contributed by atoms with Crippen LogP contribution in [-0.2, 0) is 10.0 Å². The Morgan fingerprint density at radius 1 is 1.56 bits per heavy atom. The zero-order chi connectivity index (χ0) is 13.3. The van der Waals surface area contributed by atoms with Crippen molar-refractivity contribution in [3.05, 3.63) is 17.3 Å². The van der Waals surface area contributed by atoms with Crippen LogP contribution in [0.5, 0.6) is 0 Å². The van der Waals surface area contributed by atoms with Crippen LogP contribution in [0.1, 0.15) is 26.2 Å². The smallest absolute Gasteiger partial charge is 0.244 e. The van der Waals surface area contributed by atoms with Crippen LogP contribution in [-0.4, -0.2) is 30.3 Å². The van der Waals surface area contributed by atoms with Gasteiger partial charge in [0.25, 0.3) is 0 Å². The van der Waals surface area contributed by atoms with Crippen LogP contribution >= 0.6 is 11.6 Å². The maximum absolute atomic E-state index is 12.5. The second-order valence-electron chi connectivity index (χ2n) is 4.39. The average molecular weight is 290 g/mol. The Bertz CT molecular complexity index is 543. The second-order valence-corrected chi connectivity index (χ2v) is 6.68. The molecule has 18 heavy (non-hydrogen) atoms. The van der Waals surface area contributed by atoms with Crippen LogP contribution in [0.15, 0.2) is 17.2 Å². The molecule has 0 bridgehead atoms. The molecule has 0 radical (unpaired) electrons. The minimum absolute atomic E-state index is 0.113. The lowest BCUT2D eigenvalue weighted by atomic mass is 10.5. The number of nitrogens with zero attached hydrogens (tertiary/aromatic N) is 2. The zero-order valence-electron chi connectivity index (χ0n) is 10.1. The van der Waals surface area contributed by atoms with E-state index in [1.54, 1.807) is 0 Å². The minimum Gasteiger partial charge on any atom is -0.382 e. The third kappa shape index (κ3) is 2.60. The van der Waals surface area contributed by atoms with Gasteiger partial charge < -0.3 is 5.73 Å². The molecule has 0 unspecified atom stereocenters. The number of nitrogen functional groups attached to an aromatic ring is 1. The molecule has 1 aliphatic carbocycles. The van der Waals surface area contributed by atoms with E-state index in [1.807, 2.05) is 6.92 Å². The van der Waals surface area contributed by atoms with Gasteiger partial charge in [0.05, 0.1) is 5.02 Å². The van der Waals surface area contributed by atoms with Crippen molar-refractivity contribution in [1.82, 2.24) is 9.29 Å². The maximum Gasteiger partial charge on any atom is 0.244 e. The average Bonchev–Trinajstić information content (AvgIpc) is 3.13. The molecule has 1 aliphatic rings. The summed E-state index contributed by atoms with van der Waals surface area (Å²) >= 11 is 5.83. The molecule has 1 fully saturated rings. The maximum atomic E-state index is 12.5. The number of hydrogen-bond donors (Lipinski definition) is 1. The largest absolute Gasteiger partial charge is 0.382 e. The van der Waals surface area contributed by atoms with E-state index in [0.717, 1.165) is 19.3 Å². The molecule has 1 saturated carbocycles. The summed E-state index contributed by atoms with van der Waals surface area (Å²) in [6.07, 6.45) is 3.90. The first-order valence-electron chi connectivity index (χ1n) is 5.89. The Balaban J connectivity index is 2.36. The van der Waals surface area contributed by atoms with Crippen molar-refractivity contribution in [2.45, 2.75) is 37.1 Å². The molecule has 5 nitrogen and oxygen atoms in total. The van der Waals surface area contributed by atoms with Crippen molar-refractivity contribution in [1.29, 1.82) is 0 Å². The first-order chi connectivity index (χ1) is 8.46. The molecular formula is C11H16ClN3O2S. The first kappa shape index (κ1) is 13.6. The number of sulfonamides is 1. The molecule has 7 heteroatoms. The van der Waals surface area contributed by atoms with Gasteiger partial charge in [-0.25, -0.2) is 13.4 Å². The van der Waals surface area contributed by atoms with Gasteiger partial charge in [0.1, 0.15) is 10.7 Å². The quantitative estimate of drug-likeness (QED) is 0.898. The molecular weight excluding hydrogens is 274 g/mol. The monoisotopic (exact) mass is 289 g/mol. The molecule has 1 heterocycles. The molecule has 0 aliphatic heterocycles. The predicted octanol–water partition coefficient (Wildman–Crippen LogP) is 1.88. The standard InChI is InChI=1S/C11H16ClN3O2S/c1-2-5-15(8-3-4-8)18(16,17)9-6-10(12)11(13)14-7-9/h6-8H,2-5H2,1H3,(H2,13,14). The number of nitrogens with two attached hydrogens (primary N) is 1. The highest BCUT2D eigenvalue weighted by Gasteiger charge is 2.37. The van der Waals surface area contributed by atoms with E-state index < -0.39 is 10.0 Å². The van der Waals surface area contributed by atoms with Crippen LogP contribution in [0.25, 0.3) is 0 Å². The summed E-state index contributed by atoms with van der Waals surface area (Å²) in [5, 5.41) is 0.170. The zero-order valence-corrected chi connectivity index (χ0v) is 11.7. The highest BCUT2D eigenvalue weighted by molar-refractivity contribution is 7.89. The predicted molar refractivity (Wildman–Crippen MR) is 70.9 cm³/mol. The second kappa shape index (κ2) is 5.03. The van der Waals surface area contributed by atoms with Crippen LogP contribution in [0.3, 0.4) is 0 Å². The molecule has 0 spiro atoms. The van der Waals surface area contributed by atoms with Gasteiger partial charge in [-0.05, 0) is 25.3 Å². The van der Waals surface area contributed by atoms with Crippen LogP contribution < -0.4 is 5.73 Å². The number of pyridine rings is 1. The minimum atomic E-state index is -3.51. The Morgan fingerprint density at radius 2 is 2.22 bits per heavy atom. The van der Waals surface area contributed by atoms with Crippen LogP contribution in [0, 0.1) is 0 Å². The Morgan fingerprint density at radius 3 is 2.72 bits per heavy atom. The summed E-state index contributed by atoms with van der Waals surface area (Å²) in [6, 6.07) is 1.50. The highest BCUT2D eigenvalue weighted by atomic mass is 35.5. The van der Waals surface area contributed by atoms with Crippen LogP contribution in [0.4, 0.5) is 5.82 Å². The molecule has 100 valence electrons. The van der Waals surface area contributed by atoms with E-state index in [-0.39, 0.29) is 21.8 Å². The summed E-state index contributed by atoms with van der Waals surface area (Å²) in [5.74, 6) is 0.143. The van der Waals surface area contributed by atoms with E-state index in [4.69, 9.17) is 17.3 Å². The van der Waals surface area contributed by atoms with Crippen molar-refractivity contribution in [3.63, 3.8) is 0 Å². The van der Waals surface area contributed by atoms with Crippen molar-refractivity contribution < 1.29 is 8.42 Å². The van der Waals surface area contributed by atoms with E-state index in [1.165, 1.54) is 16.6 Å². The molecule has 0 amide bonds. The fourth-order valence-corrected chi connectivity index (χ4v) is 3.77. The number of anilines is 1. The fourth-order valence-electron chi connectivity index (χ4n) is 1.79. The van der Waals surface area contributed by atoms with Gasteiger partial charge >= 0.3 is 0 Å². The molecule has 1 aromatic heterocycles. The van der Waals surface area contributed by atoms with Gasteiger partial charge in [-0.15, -0.1) is 0 Å². The molecule has 0 saturated heterocycles. The molecule has 2 rings (SSSR count). The third-order valence-corrected chi connectivity index (χ3v) is 5.07. The molecule has 0 aromatic carbocycles. The van der Waals surface area contributed by atoms with E-state index in [9.17, 15) is 8.42 Å². The van der Waals surface area contributed by atoms with Gasteiger partial charge in [0.15, 0.2) is 0 Å². The Hall–Kier alpha value is -0.850. The Kier molecular flexibility index (Phi) is 3.79. The lowest BCUT2D eigenvalue weighted by Crippen LogP contribution is -2.33.